The molecule has 2 unspecified atom stereocenters. The van der Waals surface area contributed by atoms with Crippen LogP contribution in [0.1, 0.15) is 59.3 Å². The van der Waals surface area contributed by atoms with E-state index in [4.69, 9.17) is 5.73 Å². The van der Waals surface area contributed by atoms with Crippen molar-refractivity contribution in [2.45, 2.75) is 65.3 Å². The van der Waals surface area contributed by atoms with Crippen molar-refractivity contribution < 1.29 is 0 Å². The molecule has 12 heavy (non-hydrogen) atoms. The van der Waals surface area contributed by atoms with E-state index in [-0.39, 0.29) is 0 Å². The number of nitrogens with two attached hydrogens (primary N) is 1. The van der Waals surface area contributed by atoms with E-state index in [1.165, 1.54) is 38.5 Å². The van der Waals surface area contributed by atoms with Crippen molar-refractivity contribution in [1.29, 1.82) is 0 Å². The standard InChI is InChI=1S/C11H25N/c1-4-7-11(5-2)9-6-8-10(3)12/h10-11H,4-9,12H2,1-3H3. The fraction of sp³-hybridized carbons (Fsp3) is 1.00. The summed E-state index contributed by atoms with van der Waals surface area (Å²) in [6.07, 6.45) is 7.96. The summed E-state index contributed by atoms with van der Waals surface area (Å²) >= 11 is 0. The van der Waals surface area contributed by atoms with Gasteiger partial charge in [0.05, 0.1) is 0 Å². The molecule has 0 aromatic heterocycles. The first kappa shape index (κ1) is 12.0. The molecule has 0 aromatic carbocycles. The summed E-state index contributed by atoms with van der Waals surface area (Å²) in [4.78, 5) is 0. The van der Waals surface area contributed by atoms with Crippen molar-refractivity contribution in [3.8, 4) is 0 Å². The normalized spacial score (nSPS) is 16.0. The molecule has 1 nitrogen and oxygen atoms in total. The Morgan fingerprint density at radius 2 is 1.75 bits per heavy atom. The van der Waals surface area contributed by atoms with E-state index in [0.29, 0.717) is 6.04 Å². The second-order valence-corrected chi connectivity index (χ2v) is 3.97. The van der Waals surface area contributed by atoms with Crippen LogP contribution in [0.3, 0.4) is 0 Å². The number of hydrogen-bond donors (Lipinski definition) is 1. The SMILES string of the molecule is CCCC(CC)CCCC(C)N. The average molecular weight is 171 g/mol. The highest BCUT2D eigenvalue weighted by Gasteiger charge is 2.04. The zero-order valence-corrected chi connectivity index (χ0v) is 8.97. The van der Waals surface area contributed by atoms with Crippen LogP contribution in [0.5, 0.6) is 0 Å². The summed E-state index contributed by atoms with van der Waals surface area (Å²) in [6.45, 7) is 6.67. The lowest BCUT2D eigenvalue weighted by molar-refractivity contribution is 0.406. The Kier molecular flexibility index (Phi) is 7.58. The summed E-state index contributed by atoms with van der Waals surface area (Å²) in [5.41, 5.74) is 5.69. The molecule has 0 saturated heterocycles. The summed E-state index contributed by atoms with van der Waals surface area (Å²) in [6, 6.07) is 0.393. The molecule has 0 amide bonds. The monoisotopic (exact) mass is 171 g/mol. The Bertz CT molecular complexity index is 89.0. The summed E-state index contributed by atoms with van der Waals surface area (Å²) in [5.74, 6) is 0.953. The van der Waals surface area contributed by atoms with Crippen LogP contribution in [0, 0.1) is 5.92 Å². The van der Waals surface area contributed by atoms with Crippen LogP contribution in [-0.2, 0) is 0 Å². The molecule has 0 fully saturated rings. The Morgan fingerprint density at radius 1 is 1.08 bits per heavy atom. The van der Waals surface area contributed by atoms with Crippen molar-refractivity contribution in [2.75, 3.05) is 0 Å². The molecule has 0 spiro atoms. The molecular weight excluding hydrogens is 146 g/mol. The van der Waals surface area contributed by atoms with Crippen LogP contribution in [0.25, 0.3) is 0 Å². The highest BCUT2D eigenvalue weighted by Crippen LogP contribution is 2.18. The first-order valence-electron chi connectivity index (χ1n) is 5.46. The van der Waals surface area contributed by atoms with Crippen LogP contribution in [-0.4, -0.2) is 6.04 Å². The zero-order valence-electron chi connectivity index (χ0n) is 8.97. The first-order valence-corrected chi connectivity index (χ1v) is 5.46. The maximum absolute atomic E-state index is 5.69. The Balaban J connectivity index is 3.31. The lowest BCUT2D eigenvalue weighted by atomic mass is 9.94. The summed E-state index contributed by atoms with van der Waals surface area (Å²) in [7, 11) is 0. The fourth-order valence-corrected chi connectivity index (χ4v) is 1.69. The van der Waals surface area contributed by atoms with Crippen molar-refractivity contribution in [3.05, 3.63) is 0 Å². The minimum atomic E-state index is 0.393. The number of hydrogen-bond acceptors (Lipinski definition) is 1. The molecule has 0 aliphatic heterocycles. The largest absolute Gasteiger partial charge is 0.328 e. The minimum absolute atomic E-state index is 0.393. The predicted octanol–water partition coefficient (Wildman–Crippen LogP) is 3.33. The maximum Gasteiger partial charge on any atom is 0.00104 e. The minimum Gasteiger partial charge on any atom is -0.328 e. The molecule has 0 saturated carbocycles. The van der Waals surface area contributed by atoms with E-state index in [1.807, 2.05) is 0 Å². The smallest absolute Gasteiger partial charge is 0.00104 e. The quantitative estimate of drug-likeness (QED) is 0.624. The van der Waals surface area contributed by atoms with Crippen molar-refractivity contribution in [2.24, 2.45) is 11.7 Å². The van der Waals surface area contributed by atoms with Gasteiger partial charge < -0.3 is 5.73 Å². The van der Waals surface area contributed by atoms with Gasteiger partial charge in [-0.3, -0.25) is 0 Å². The van der Waals surface area contributed by atoms with Crippen LogP contribution in [0.15, 0.2) is 0 Å². The summed E-state index contributed by atoms with van der Waals surface area (Å²) in [5, 5.41) is 0. The van der Waals surface area contributed by atoms with Gasteiger partial charge in [-0.15, -0.1) is 0 Å². The highest BCUT2D eigenvalue weighted by molar-refractivity contribution is 4.59. The van der Waals surface area contributed by atoms with Gasteiger partial charge in [0.15, 0.2) is 0 Å². The van der Waals surface area contributed by atoms with Crippen LogP contribution in [0.2, 0.25) is 0 Å². The maximum atomic E-state index is 5.69. The molecule has 2 atom stereocenters. The lowest BCUT2D eigenvalue weighted by Crippen LogP contribution is -2.14. The van der Waals surface area contributed by atoms with E-state index in [0.717, 1.165) is 5.92 Å². The third kappa shape index (κ3) is 6.66. The molecule has 0 aliphatic carbocycles. The van der Waals surface area contributed by atoms with E-state index < -0.39 is 0 Å². The van der Waals surface area contributed by atoms with Gasteiger partial charge in [-0.25, -0.2) is 0 Å². The Labute approximate surface area is 77.7 Å². The van der Waals surface area contributed by atoms with Crippen molar-refractivity contribution >= 4 is 0 Å². The molecular formula is C11H25N. The van der Waals surface area contributed by atoms with E-state index in [1.54, 1.807) is 0 Å². The first-order chi connectivity index (χ1) is 5.70. The zero-order chi connectivity index (χ0) is 9.40. The van der Waals surface area contributed by atoms with Gasteiger partial charge in [-0.1, -0.05) is 46.0 Å². The van der Waals surface area contributed by atoms with Crippen LogP contribution in [0.4, 0.5) is 0 Å². The third-order valence-electron chi connectivity index (χ3n) is 2.55. The van der Waals surface area contributed by atoms with Gasteiger partial charge in [0.2, 0.25) is 0 Å². The molecule has 1 heteroatoms. The van der Waals surface area contributed by atoms with Gasteiger partial charge in [0.1, 0.15) is 0 Å². The molecule has 74 valence electrons. The second-order valence-electron chi connectivity index (χ2n) is 3.97. The van der Waals surface area contributed by atoms with Gasteiger partial charge >= 0.3 is 0 Å². The van der Waals surface area contributed by atoms with E-state index in [2.05, 4.69) is 20.8 Å². The lowest BCUT2D eigenvalue weighted by Gasteiger charge is -2.13. The molecule has 0 aromatic rings. The van der Waals surface area contributed by atoms with Crippen LogP contribution < -0.4 is 5.73 Å². The Morgan fingerprint density at radius 3 is 2.17 bits per heavy atom. The number of rotatable bonds is 7. The van der Waals surface area contributed by atoms with Gasteiger partial charge in [-0.2, -0.15) is 0 Å². The molecule has 0 radical (unpaired) electrons. The van der Waals surface area contributed by atoms with Crippen molar-refractivity contribution in [3.63, 3.8) is 0 Å². The predicted molar refractivity (Wildman–Crippen MR) is 56.2 cm³/mol. The van der Waals surface area contributed by atoms with E-state index in [9.17, 15) is 0 Å². The van der Waals surface area contributed by atoms with E-state index >= 15 is 0 Å². The third-order valence-corrected chi connectivity index (χ3v) is 2.55. The topological polar surface area (TPSA) is 26.0 Å². The molecule has 0 rings (SSSR count). The second kappa shape index (κ2) is 7.60. The van der Waals surface area contributed by atoms with Gasteiger partial charge in [-0.05, 0) is 19.3 Å². The highest BCUT2D eigenvalue weighted by atomic mass is 14.6. The molecule has 0 heterocycles. The van der Waals surface area contributed by atoms with Crippen LogP contribution >= 0.6 is 0 Å². The van der Waals surface area contributed by atoms with Crippen molar-refractivity contribution in [1.82, 2.24) is 0 Å². The van der Waals surface area contributed by atoms with Gasteiger partial charge in [0.25, 0.3) is 0 Å². The Hall–Kier alpha value is -0.0400. The molecule has 0 aliphatic rings. The van der Waals surface area contributed by atoms with Gasteiger partial charge in [0, 0.05) is 6.04 Å². The fourth-order valence-electron chi connectivity index (χ4n) is 1.69. The molecule has 0 bridgehead atoms. The molecule has 2 N–H and O–H groups in total. The average Bonchev–Trinajstić information content (AvgIpc) is 2.02. The summed E-state index contributed by atoms with van der Waals surface area (Å²) < 4.78 is 0.